The lowest BCUT2D eigenvalue weighted by atomic mass is 10.1. The number of anilines is 1. The van der Waals surface area contributed by atoms with Crippen LogP contribution in [0.3, 0.4) is 0 Å². The Bertz CT molecular complexity index is 479. The van der Waals surface area contributed by atoms with Crippen molar-refractivity contribution in [1.82, 2.24) is 9.78 Å². The van der Waals surface area contributed by atoms with Crippen molar-refractivity contribution in [3.05, 3.63) is 12.4 Å². The molecule has 18 heavy (non-hydrogen) atoms. The maximum atomic E-state index is 11.8. The van der Waals surface area contributed by atoms with Gasteiger partial charge < -0.3 is 10.1 Å². The number of amides is 1. The number of hydrogen-bond acceptors (Lipinski definition) is 4. The van der Waals surface area contributed by atoms with Gasteiger partial charge in [-0.2, -0.15) is 5.10 Å². The van der Waals surface area contributed by atoms with E-state index in [-0.39, 0.29) is 29.8 Å². The summed E-state index contributed by atoms with van der Waals surface area (Å²) in [6, 6.07) is 0. The van der Waals surface area contributed by atoms with E-state index < -0.39 is 0 Å². The highest BCUT2D eigenvalue weighted by molar-refractivity contribution is 5.94. The SMILES string of the molecule is COC(=O)Cn1cc(NC(=O)C2CC2(C)C)cn1. The Morgan fingerprint density at radius 2 is 2.28 bits per heavy atom. The quantitative estimate of drug-likeness (QED) is 0.811. The minimum Gasteiger partial charge on any atom is -0.468 e. The van der Waals surface area contributed by atoms with E-state index in [9.17, 15) is 9.59 Å². The van der Waals surface area contributed by atoms with Gasteiger partial charge in [-0.3, -0.25) is 14.3 Å². The maximum absolute atomic E-state index is 11.8. The number of methoxy groups -OCH3 is 1. The summed E-state index contributed by atoms with van der Waals surface area (Å²) in [7, 11) is 1.32. The van der Waals surface area contributed by atoms with Gasteiger partial charge in [0.2, 0.25) is 5.91 Å². The molecule has 1 aromatic heterocycles. The summed E-state index contributed by atoms with van der Waals surface area (Å²) in [5.74, 6) is -0.293. The van der Waals surface area contributed by atoms with Crippen LogP contribution in [-0.2, 0) is 20.9 Å². The summed E-state index contributed by atoms with van der Waals surface area (Å²) < 4.78 is 5.96. The summed E-state index contributed by atoms with van der Waals surface area (Å²) in [5.41, 5.74) is 0.707. The highest BCUT2D eigenvalue weighted by Crippen LogP contribution is 2.51. The average molecular weight is 251 g/mol. The van der Waals surface area contributed by atoms with Crippen LogP contribution in [-0.4, -0.2) is 28.8 Å². The van der Waals surface area contributed by atoms with E-state index >= 15 is 0 Å². The van der Waals surface area contributed by atoms with Gasteiger partial charge in [-0.15, -0.1) is 0 Å². The second kappa shape index (κ2) is 4.44. The standard InChI is InChI=1S/C12H17N3O3/c1-12(2)4-9(12)11(17)14-8-5-13-15(6-8)7-10(16)18-3/h5-6,9H,4,7H2,1-3H3,(H,14,17). The number of rotatable bonds is 4. The predicted octanol–water partition coefficient (Wildman–Crippen LogP) is 1.04. The number of carbonyl (C=O) groups is 2. The summed E-state index contributed by atoms with van der Waals surface area (Å²) in [5, 5.41) is 6.77. The third-order valence-electron chi connectivity index (χ3n) is 3.25. The van der Waals surface area contributed by atoms with Gasteiger partial charge in [0, 0.05) is 12.1 Å². The lowest BCUT2D eigenvalue weighted by Crippen LogP contribution is -2.16. The average Bonchev–Trinajstić information content (AvgIpc) is 2.73. The van der Waals surface area contributed by atoms with Crippen LogP contribution in [0.25, 0.3) is 0 Å². The predicted molar refractivity (Wildman–Crippen MR) is 64.8 cm³/mol. The fourth-order valence-corrected chi connectivity index (χ4v) is 1.86. The van der Waals surface area contributed by atoms with Crippen molar-refractivity contribution in [1.29, 1.82) is 0 Å². The molecule has 0 spiro atoms. The molecule has 0 bridgehead atoms. The molecule has 1 N–H and O–H groups in total. The van der Waals surface area contributed by atoms with Crippen molar-refractivity contribution < 1.29 is 14.3 Å². The van der Waals surface area contributed by atoms with Gasteiger partial charge >= 0.3 is 5.97 Å². The number of aromatic nitrogens is 2. The first-order chi connectivity index (χ1) is 8.42. The number of esters is 1. The zero-order valence-electron chi connectivity index (χ0n) is 10.8. The fraction of sp³-hybridized carbons (Fsp3) is 0.583. The Morgan fingerprint density at radius 3 is 2.83 bits per heavy atom. The molecular weight excluding hydrogens is 234 g/mol. The van der Waals surface area contributed by atoms with E-state index in [1.54, 1.807) is 6.20 Å². The monoisotopic (exact) mass is 251 g/mol. The first kappa shape index (κ1) is 12.6. The van der Waals surface area contributed by atoms with Crippen LogP contribution in [0.2, 0.25) is 0 Å². The van der Waals surface area contributed by atoms with Crippen LogP contribution in [0.4, 0.5) is 5.69 Å². The third kappa shape index (κ3) is 2.69. The van der Waals surface area contributed by atoms with Gasteiger partial charge in [-0.05, 0) is 11.8 Å². The molecule has 0 radical (unpaired) electrons. The van der Waals surface area contributed by atoms with Crippen molar-refractivity contribution >= 4 is 17.6 Å². The molecule has 0 aliphatic heterocycles. The second-order valence-electron chi connectivity index (χ2n) is 5.24. The largest absolute Gasteiger partial charge is 0.468 e. The third-order valence-corrected chi connectivity index (χ3v) is 3.25. The van der Waals surface area contributed by atoms with Crippen LogP contribution < -0.4 is 5.32 Å². The van der Waals surface area contributed by atoms with Crippen molar-refractivity contribution in [2.24, 2.45) is 11.3 Å². The second-order valence-corrected chi connectivity index (χ2v) is 5.24. The van der Waals surface area contributed by atoms with E-state index in [0.717, 1.165) is 6.42 Å². The number of ether oxygens (including phenoxy) is 1. The lowest BCUT2D eigenvalue weighted by Gasteiger charge is -2.03. The zero-order valence-corrected chi connectivity index (χ0v) is 10.8. The van der Waals surface area contributed by atoms with Crippen LogP contribution in [0.15, 0.2) is 12.4 Å². The molecule has 1 fully saturated rings. The number of hydrogen-bond donors (Lipinski definition) is 1. The molecule has 1 unspecified atom stereocenters. The van der Waals surface area contributed by atoms with E-state index in [1.807, 2.05) is 0 Å². The minimum absolute atomic E-state index is 0.0117. The van der Waals surface area contributed by atoms with E-state index in [2.05, 4.69) is 29.0 Å². The van der Waals surface area contributed by atoms with Gasteiger partial charge in [0.15, 0.2) is 0 Å². The Balaban J connectivity index is 1.91. The van der Waals surface area contributed by atoms with Gasteiger partial charge in [-0.25, -0.2) is 0 Å². The smallest absolute Gasteiger partial charge is 0.327 e. The molecule has 1 saturated carbocycles. The fourth-order valence-electron chi connectivity index (χ4n) is 1.86. The molecule has 98 valence electrons. The lowest BCUT2D eigenvalue weighted by molar-refractivity contribution is -0.141. The van der Waals surface area contributed by atoms with Gasteiger partial charge in [0.1, 0.15) is 6.54 Å². The normalized spacial score (nSPS) is 20.3. The van der Waals surface area contributed by atoms with Crippen LogP contribution in [0, 0.1) is 11.3 Å². The molecule has 1 aliphatic carbocycles. The maximum Gasteiger partial charge on any atom is 0.327 e. The molecular formula is C12H17N3O3. The summed E-state index contributed by atoms with van der Waals surface area (Å²) in [6.45, 7) is 4.18. The van der Waals surface area contributed by atoms with E-state index in [0.29, 0.717) is 5.69 Å². The Labute approximate surface area is 105 Å². The molecule has 6 nitrogen and oxygen atoms in total. The Hall–Kier alpha value is -1.85. The van der Waals surface area contributed by atoms with E-state index in [1.165, 1.54) is 18.0 Å². The van der Waals surface area contributed by atoms with Crippen LogP contribution in [0.1, 0.15) is 20.3 Å². The molecule has 6 heteroatoms. The van der Waals surface area contributed by atoms with Crippen molar-refractivity contribution in [2.75, 3.05) is 12.4 Å². The summed E-state index contributed by atoms with van der Waals surface area (Å²) >= 11 is 0. The summed E-state index contributed by atoms with van der Waals surface area (Å²) in [6.07, 6.45) is 4.05. The first-order valence-corrected chi connectivity index (χ1v) is 5.82. The van der Waals surface area contributed by atoms with Crippen LogP contribution >= 0.6 is 0 Å². The highest BCUT2D eigenvalue weighted by atomic mass is 16.5. The number of nitrogens with one attached hydrogen (secondary N) is 1. The van der Waals surface area contributed by atoms with Gasteiger partial charge in [0.05, 0.1) is 19.0 Å². The highest BCUT2D eigenvalue weighted by Gasteiger charge is 2.50. The molecule has 2 rings (SSSR count). The summed E-state index contributed by atoms with van der Waals surface area (Å²) in [4.78, 5) is 22.9. The topological polar surface area (TPSA) is 73.2 Å². The molecule has 1 aliphatic rings. The molecule has 1 heterocycles. The molecule has 1 aromatic rings. The minimum atomic E-state index is -0.376. The Kier molecular flexibility index (Phi) is 3.11. The first-order valence-electron chi connectivity index (χ1n) is 5.82. The number of carbonyl (C=O) groups excluding carboxylic acids is 2. The van der Waals surface area contributed by atoms with Crippen molar-refractivity contribution in [3.8, 4) is 0 Å². The molecule has 0 saturated heterocycles. The van der Waals surface area contributed by atoms with Crippen molar-refractivity contribution in [2.45, 2.75) is 26.8 Å². The van der Waals surface area contributed by atoms with Crippen LogP contribution in [0.5, 0.6) is 0 Å². The molecule has 1 atom stereocenters. The molecule has 0 aromatic carbocycles. The number of nitrogens with zero attached hydrogens (tertiary/aromatic N) is 2. The van der Waals surface area contributed by atoms with E-state index in [4.69, 9.17) is 0 Å². The Morgan fingerprint density at radius 1 is 1.61 bits per heavy atom. The zero-order chi connectivity index (χ0) is 13.3. The van der Waals surface area contributed by atoms with Gasteiger partial charge in [-0.1, -0.05) is 13.8 Å². The molecule has 1 amide bonds. The van der Waals surface area contributed by atoms with Gasteiger partial charge in [0.25, 0.3) is 0 Å². The van der Waals surface area contributed by atoms with Crippen molar-refractivity contribution in [3.63, 3.8) is 0 Å².